The average molecular weight is 340 g/mol. The molecule has 0 unspecified atom stereocenters. The Morgan fingerprint density at radius 3 is 2.78 bits per heavy atom. The summed E-state index contributed by atoms with van der Waals surface area (Å²) >= 11 is 3.09. The van der Waals surface area contributed by atoms with E-state index in [0.717, 1.165) is 29.0 Å². The first-order valence-corrected chi connectivity index (χ1v) is 9.43. The molecular formula is C18H16N2OS2. The normalized spacial score (nSPS) is 13.6. The van der Waals surface area contributed by atoms with Gasteiger partial charge in [-0.25, -0.2) is 4.98 Å². The van der Waals surface area contributed by atoms with Crippen LogP contribution >= 0.6 is 22.7 Å². The number of thiazole rings is 1. The Balaban J connectivity index is 1.51. The molecule has 0 saturated heterocycles. The summed E-state index contributed by atoms with van der Waals surface area (Å²) in [7, 11) is 0. The quantitative estimate of drug-likeness (QED) is 0.729. The van der Waals surface area contributed by atoms with Gasteiger partial charge >= 0.3 is 0 Å². The molecule has 1 aliphatic carbocycles. The number of carbonyl (C=O) groups is 1. The fourth-order valence-electron chi connectivity index (χ4n) is 2.83. The van der Waals surface area contributed by atoms with Gasteiger partial charge in [0.1, 0.15) is 0 Å². The molecule has 4 rings (SSSR count). The molecule has 0 radical (unpaired) electrons. The van der Waals surface area contributed by atoms with Gasteiger partial charge in [0.2, 0.25) is 0 Å². The Labute approximate surface area is 143 Å². The van der Waals surface area contributed by atoms with Crippen LogP contribution in [-0.2, 0) is 12.8 Å². The van der Waals surface area contributed by atoms with Crippen molar-refractivity contribution in [3.8, 4) is 11.3 Å². The van der Waals surface area contributed by atoms with E-state index in [9.17, 15) is 4.79 Å². The molecular weight excluding hydrogens is 324 g/mol. The van der Waals surface area contributed by atoms with Crippen molar-refractivity contribution >= 4 is 33.7 Å². The van der Waals surface area contributed by atoms with Gasteiger partial charge in [0.15, 0.2) is 5.13 Å². The highest BCUT2D eigenvalue weighted by molar-refractivity contribution is 7.15. The molecule has 0 saturated carbocycles. The lowest BCUT2D eigenvalue weighted by Gasteiger charge is -2.08. The summed E-state index contributed by atoms with van der Waals surface area (Å²) in [5.74, 6) is -0.0432. The lowest BCUT2D eigenvalue weighted by molar-refractivity contribution is 0.103. The molecule has 1 amide bonds. The zero-order valence-electron chi connectivity index (χ0n) is 12.5. The van der Waals surface area contributed by atoms with Crippen molar-refractivity contribution in [2.75, 3.05) is 5.32 Å². The second kappa shape index (κ2) is 6.26. The minimum Gasteiger partial charge on any atom is -0.297 e. The van der Waals surface area contributed by atoms with Crippen LogP contribution in [0.25, 0.3) is 11.3 Å². The predicted molar refractivity (Wildman–Crippen MR) is 96.5 cm³/mol. The lowest BCUT2D eigenvalue weighted by atomic mass is 9.99. The molecule has 0 aliphatic heterocycles. The van der Waals surface area contributed by atoms with Gasteiger partial charge in [0.05, 0.1) is 10.6 Å². The van der Waals surface area contributed by atoms with Crippen LogP contribution in [0.2, 0.25) is 0 Å². The lowest BCUT2D eigenvalue weighted by Crippen LogP contribution is -2.09. The van der Waals surface area contributed by atoms with Gasteiger partial charge in [-0.3, -0.25) is 10.1 Å². The van der Waals surface area contributed by atoms with Crippen molar-refractivity contribution in [1.82, 2.24) is 4.98 Å². The van der Waals surface area contributed by atoms with Crippen LogP contribution in [0.15, 0.2) is 41.8 Å². The number of aromatic nitrogens is 1. The van der Waals surface area contributed by atoms with Crippen molar-refractivity contribution < 1.29 is 4.79 Å². The van der Waals surface area contributed by atoms with Crippen LogP contribution in [0.5, 0.6) is 0 Å². The zero-order valence-corrected chi connectivity index (χ0v) is 14.2. The van der Waals surface area contributed by atoms with Gasteiger partial charge in [-0.1, -0.05) is 30.3 Å². The van der Waals surface area contributed by atoms with Gasteiger partial charge in [-0.15, -0.1) is 22.7 Å². The molecule has 0 atom stereocenters. The van der Waals surface area contributed by atoms with Gasteiger partial charge < -0.3 is 0 Å². The standard InChI is InChI=1S/C18H16N2OS2/c21-17(16-10-13-8-4-5-9-15(13)23-16)20-18-19-14(11-22-18)12-6-2-1-3-7-12/h1-3,6-7,10-11H,4-5,8-9H2,(H,19,20,21). The number of nitrogens with zero attached hydrogens (tertiary/aromatic N) is 1. The molecule has 3 aromatic rings. The van der Waals surface area contributed by atoms with Gasteiger partial charge in [0.25, 0.3) is 5.91 Å². The number of anilines is 1. The molecule has 1 aliphatic rings. The highest BCUT2D eigenvalue weighted by atomic mass is 32.1. The maximum Gasteiger partial charge on any atom is 0.267 e. The largest absolute Gasteiger partial charge is 0.297 e. The average Bonchev–Trinajstić information content (AvgIpc) is 3.22. The molecule has 23 heavy (non-hydrogen) atoms. The Hall–Kier alpha value is -1.98. The van der Waals surface area contributed by atoms with Crippen molar-refractivity contribution in [2.45, 2.75) is 25.7 Å². The molecule has 3 nitrogen and oxygen atoms in total. The van der Waals surface area contributed by atoms with E-state index in [1.165, 1.54) is 34.6 Å². The topological polar surface area (TPSA) is 42.0 Å². The van der Waals surface area contributed by atoms with Crippen molar-refractivity contribution in [3.63, 3.8) is 0 Å². The summed E-state index contributed by atoms with van der Waals surface area (Å²) in [6.45, 7) is 0. The smallest absolute Gasteiger partial charge is 0.267 e. The number of aryl methyl sites for hydroxylation is 2. The maximum absolute atomic E-state index is 12.4. The monoisotopic (exact) mass is 340 g/mol. The van der Waals surface area contributed by atoms with Crippen LogP contribution in [0.4, 0.5) is 5.13 Å². The molecule has 116 valence electrons. The summed E-state index contributed by atoms with van der Waals surface area (Å²) in [6, 6.07) is 12.1. The van der Waals surface area contributed by atoms with E-state index in [1.54, 1.807) is 11.3 Å². The number of hydrogen-bond acceptors (Lipinski definition) is 4. The maximum atomic E-state index is 12.4. The van der Waals surface area contributed by atoms with Crippen LogP contribution in [-0.4, -0.2) is 10.9 Å². The van der Waals surface area contributed by atoms with Gasteiger partial charge in [-0.2, -0.15) is 0 Å². The molecule has 0 spiro atoms. The number of rotatable bonds is 3. The third-order valence-corrected chi connectivity index (χ3v) is 6.01. The fraction of sp³-hybridized carbons (Fsp3) is 0.222. The summed E-state index contributed by atoms with van der Waals surface area (Å²) in [4.78, 5) is 19.1. The van der Waals surface area contributed by atoms with Crippen LogP contribution in [0.3, 0.4) is 0 Å². The molecule has 0 fully saturated rings. The third kappa shape index (κ3) is 3.07. The second-order valence-corrected chi connectivity index (χ2v) is 7.62. The molecule has 1 aromatic carbocycles. The Morgan fingerprint density at radius 1 is 1.13 bits per heavy atom. The van der Waals surface area contributed by atoms with E-state index in [4.69, 9.17) is 0 Å². The zero-order chi connectivity index (χ0) is 15.6. The first-order chi connectivity index (χ1) is 11.3. The first kappa shape index (κ1) is 14.6. The van der Waals surface area contributed by atoms with Crippen molar-refractivity contribution in [1.29, 1.82) is 0 Å². The van der Waals surface area contributed by atoms with E-state index in [1.807, 2.05) is 35.7 Å². The number of nitrogens with one attached hydrogen (secondary N) is 1. The number of fused-ring (bicyclic) bond motifs is 1. The number of benzene rings is 1. The van der Waals surface area contributed by atoms with E-state index in [0.29, 0.717) is 5.13 Å². The van der Waals surface area contributed by atoms with Crippen molar-refractivity contribution in [2.24, 2.45) is 0 Å². The van der Waals surface area contributed by atoms with Crippen molar-refractivity contribution in [3.05, 3.63) is 57.1 Å². The number of carbonyl (C=O) groups excluding carboxylic acids is 1. The highest BCUT2D eigenvalue weighted by Crippen LogP contribution is 2.31. The highest BCUT2D eigenvalue weighted by Gasteiger charge is 2.18. The molecule has 0 bridgehead atoms. The Kier molecular flexibility index (Phi) is 3.97. The third-order valence-electron chi connectivity index (χ3n) is 4.01. The molecule has 5 heteroatoms. The summed E-state index contributed by atoms with van der Waals surface area (Å²) in [6.07, 6.45) is 4.69. The number of thiophene rings is 1. The Morgan fingerprint density at radius 2 is 1.96 bits per heavy atom. The van der Waals surface area contributed by atoms with E-state index < -0.39 is 0 Å². The number of hydrogen-bond donors (Lipinski definition) is 1. The molecule has 2 aromatic heterocycles. The minimum atomic E-state index is -0.0432. The minimum absolute atomic E-state index is 0.0432. The predicted octanol–water partition coefficient (Wildman–Crippen LogP) is 5.00. The van der Waals surface area contributed by atoms with E-state index in [2.05, 4.69) is 16.4 Å². The van der Waals surface area contributed by atoms with E-state index in [-0.39, 0.29) is 5.91 Å². The SMILES string of the molecule is O=C(Nc1nc(-c2ccccc2)cs1)c1cc2c(s1)CCCC2. The van der Waals surface area contributed by atoms with Crippen LogP contribution in [0, 0.1) is 0 Å². The summed E-state index contributed by atoms with van der Waals surface area (Å²) in [5.41, 5.74) is 3.32. The van der Waals surface area contributed by atoms with Crippen LogP contribution < -0.4 is 5.32 Å². The number of amides is 1. The first-order valence-electron chi connectivity index (χ1n) is 7.73. The fourth-order valence-corrected chi connectivity index (χ4v) is 4.70. The van der Waals surface area contributed by atoms with E-state index >= 15 is 0 Å². The summed E-state index contributed by atoms with van der Waals surface area (Å²) in [5, 5.41) is 5.57. The second-order valence-electron chi connectivity index (χ2n) is 5.62. The Bertz CT molecular complexity index is 812. The summed E-state index contributed by atoms with van der Waals surface area (Å²) < 4.78 is 0. The molecule has 2 heterocycles. The van der Waals surface area contributed by atoms with Crippen LogP contribution in [0.1, 0.15) is 33.0 Å². The van der Waals surface area contributed by atoms with Gasteiger partial charge in [0, 0.05) is 15.8 Å². The van der Waals surface area contributed by atoms with Gasteiger partial charge in [-0.05, 0) is 37.3 Å². The molecule has 1 N–H and O–H groups in total.